The Morgan fingerprint density at radius 1 is 1.35 bits per heavy atom. The van der Waals surface area contributed by atoms with E-state index in [0.29, 0.717) is 35.2 Å². The third-order valence-electron chi connectivity index (χ3n) is 3.69. The molecule has 0 saturated heterocycles. The van der Waals surface area contributed by atoms with E-state index in [1.807, 2.05) is 20.8 Å². The zero-order valence-electron chi connectivity index (χ0n) is 14.8. The van der Waals surface area contributed by atoms with Crippen LogP contribution in [-0.4, -0.2) is 34.0 Å². The van der Waals surface area contributed by atoms with Gasteiger partial charge in [-0.1, -0.05) is 29.0 Å². The molecule has 1 aliphatic heterocycles. The Labute approximate surface area is 161 Å². The van der Waals surface area contributed by atoms with E-state index in [4.69, 9.17) is 16.3 Å². The van der Waals surface area contributed by atoms with E-state index in [9.17, 15) is 9.59 Å². The molecule has 1 N–H and O–H groups in total. The molecule has 0 aliphatic carbocycles. The molecule has 1 aromatic carbocycles. The fraction of sp³-hybridized carbons (Fsp3) is 0.389. The first-order chi connectivity index (χ1) is 12.2. The van der Waals surface area contributed by atoms with Crippen LogP contribution in [-0.2, 0) is 17.7 Å². The second kappa shape index (κ2) is 7.25. The monoisotopic (exact) mass is 393 g/mol. The summed E-state index contributed by atoms with van der Waals surface area (Å²) in [4.78, 5) is 31.7. The van der Waals surface area contributed by atoms with Crippen molar-refractivity contribution in [1.29, 1.82) is 0 Å². The van der Waals surface area contributed by atoms with E-state index < -0.39 is 5.60 Å². The van der Waals surface area contributed by atoms with Crippen LogP contribution in [0.25, 0.3) is 0 Å². The summed E-state index contributed by atoms with van der Waals surface area (Å²) in [6, 6.07) is 6.74. The summed E-state index contributed by atoms with van der Waals surface area (Å²) in [5.74, 6) is -0.261. The van der Waals surface area contributed by atoms with Gasteiger partial charge in [-0.3, -0.25) is 10.1 Å². The van der Waals surface area contributed by atoms with E-state index >= 15 is 0 Å². The number of thiazole rings is 1. The SMILES string of the molecule is CC(C)(C)OC(=O)N1CCc2nc(NC(=O)c3cccc(Cl)c3)sc2C1. The number of nitrogens with one attached hydrogen (secondary N) is 1. The van der Waals surface area contributed by atoms with Crippen LogP contribution in [0.2, 0.25) is 5.02 Å². The van der Waals surface area contributed by atoms with Crippen LogP contribution >= 0.6 is 22.9 Å². The summed E-state index contributed by atoms with van der Waals surface area (Å²) in [5.41, 5.74) is 0.860. The number of rotatable bonds is 2. The first kappa shape index (κ1) is 18.7. The summed E-state index contributed by atoms with van der Waals surface area (Å²) in [6.45, 7) is 6.52. The number of amides is 2. The number of benzene rings is 1. The van der Waals surface area contributed by atoms with Gasteiger partial charge in [-0.2, -0.15) is 0 Å². The largest absolute Gasteiger partial charge is 0.444 e. The molecular weight excluding hydrogens is 374 g/mol. The molecule has 8 heteroatoms. The van der Waals surface area contributed by atoms with Gasteiger partial charge in [-0.05, 0) is 39.0 Å². The highest BCUT2D eigenvalue weighted by Gasteiger charge is 2.28. The second-order valence-corrected chi connectivity index (χ2v) is 8.53. The number of carbonyl (C=O) groups is 2. The van der Waals surface area contributed by atoms with E-state index in [1.165, 1.54) is 11.3 Å². The Morgan fingerprint density at radius 2 is 2.12 bits per heavy atom. The highest BCUT2D eigenvalue weighted by molar-refractivity contribution is 7.15. The number of hydrogen-bond donors (Lipinski definition) is 1. The molecule has 0 atom stereocenters. The van der Waals surface area contributed by atoms with Gasteiger partial charge in [0.1, 0.15) is 5.60 Å². The Kier molecular flexibility index (Phi) is 5.20. The topological polar surface area (TPSA) is 71.5 Å². The summed E-state index contributed by atoms with van der Waals surface area (Å²) >= 11 is 7.30. The molecule has 3 rings (SSSR count). The van der Waals surface area contributed by atoms with Crippen molar-refractivity contribution >= 4 is 40.1 Å². The minimum absolute atomic E-state index is 0.261. The molecule has 2 amide bonds. The van der Waals surface area contributed by atoms with Crippen molar-refractivity contribution < 1.29 is 14.3 Å². The molecule has 6 nitrogen and oxygen atoms in total. The Morgan fingerprint density at radius 3 is 2.81 bits per heavy atom. The van der Waals surface area contributed by atoms with Crippen molar-refractivity contribution in [3.63, 3.8) is 0 Å². The number of fused-ring (bicyclic) bond motifs is 1. The zero-order chi connectivity index (χ0) is 18.9. The molecule has 0 bridgehead atoms. The number of anilines is 1. The minimum Gasteiger partial charge on any atom is -0.444 e. The predicted octanol–water partition coefficient (Wildman–Crippen LogP) is 4.34. The lowest BCUT2D eigenvalue weighted by Gasteiger charge is -2.29. The van der Waals surface area contributed by atoms with Crippen molar-refractivity contribution in [2.75, 3.05) is 11.9 Å². The summed E-state index contributed by atoms with van der Waals surface area (Å²) in [6.07, 6.45) is 0.305. The molecule has 1 aliphatic rings. The molecule has 0 unspecified atom stereocenters. The number of ether oxygens (including phenoxy) is 1. The second-order valence-electron chi connectivity index (χ2n) is 7.01. The van der Waals surface area contributed by atoms with Crippen molar-refractivity contribution in [3.05, 3.63) is 45.4 Å². The van der Waals surface area contributed by atoms with Gasteiger partial charge >= 0.3 is 6.09 Å². The fourth-order valence-corrected chi connectivity index (χ4v) is 3.74. The van der Waals surface area contributed by atoms with Crippen LogP contribution in [0.4, 0.5) is 9.93 Å². The predicted molar refractivity (Wildman–Crippen MR) is 102 cm³/mol. The van der Waals surface area contributed by atoms with Gasteiger partial charge < -0.3 is 9.64 Å². The van der Waals surface area contributed by atoms with Gasteiger partial charge in [-0.15, -0.1) is 0 Å². The highest BCUT2D eigenvalue weighted by Crippen LogP contribution is 2.29. The first-order valence-corrected chi connectivity index (χ1v) is 9.44. The maximum absolute atomic E-state index is 12.3. The molecule has 0 fully saturated rings. The molecule has 0 spiro atoms. The van der Waals surface area contributed by atoms with E-state index in [1.54, 1.807) is 29.2 Å². The summed E-state index contributed by atoms with van der Waals surface area (Å²) in [5, 5.41) is 3.82. The number of nitrogens with zero attached hydrogens (tertiary/aromatic N) is 2. The third kappa shape index (κ3) is 4.53. The highest BCUT2D eigenvalue weighted by atomic mass is 35.5. The van der Waals surface area contributed by atoms with Crippen LogP contribution < -0.4 is 5.32 Å². The standard InChI is InChI=1S/C18H20ClN3O3S/c1-18(2,3)25-17(24)22-8-7-13-14(10-22)26-16(20-13)21-15(23)11-5-4-6-12(19)9-11/h4-6,9H,7-8,10H2,1-3H3,(H,20,21,23). The number of carbonyl (C=O) groups excluding carboxylic acids is 2. The fourth-order valence-electron chi connectivity index (χ4n) is 2.53. The van der Waals surface area contributed by atoms with Crippen molar-refractivity contribution in [3.8, 4) is 0 Å². The smallest absolute Gasteiger partial charge is 0.410 e. The third-order valence-corrected chi connectivity index (χ3v) is 4.92. The van der Waals surface area contributed by atoms with Gasteiger partial charge in [-0.25, -0.2) is 9.78 Å². The zero-order valence-corrected chi connectivity index (χ0v) is 16.4. The summed E-state index contributed by atoms with van der Waals surface area (Å²) < 4.78 is 5.42. The maximum Gasteiger partial charge on any atom is 0.410 e. The van der Waals surface area contributed by atoms with Crippen LogP contribution in [0, 0.1) is 0 Å². The van der Waals surface area contributed by atoms with Gasteiger partial charge in [0, 0.05) is 28.4 Å². The molecular formula is C18H20ClN3O3S. The first-order valence-electron chi connectivity index (χ1n) is 8.25. The minimum atomic E-state index is -0.527. The Hall–Kier alpha value is -2.12. The van der Waals surface area contributed by atoms with E-state index in [0.717, 1.165) is 10.6 Å². The average molecular weight is 394 g/mol. The van der Waals surface area contributed by atoms with Crippen molar-refractivity contribution in [2.45, 2.75) is 39.3 Å². The number of aromatic nitrogens is 1. The molecule has 1 aromatic heterocycles. The van der Waals surface area contributed by atoms with Gasteiger partial charge in [0.2, 0.25) is 0 Å². The van der Waals surface area contributed by atoms with Crippen LogP contribution in [0.5, 0.6) is 0 Å². The van der Waals surface area contributed by atoms with Crippen LogP contribution in [0.15, 0.2) is 24.3 Å². The van der Waals surface area contributed by atoms with Gasteiger partial charge in [0.15, 0.2) is 5.13 Å². The molecule has 138 valence electrons. The normalized spacial score (nSPS) is 13.9. The van der Waals surface area contributed by atoms with E-state index in [-0.39, 0.29) is 12.0 Å². The van der Waals surface area contributed by atoms with Crippen molar-refractivity contribution in [1.82, 2.24) is 9.88 Å². The maximum atomic E-state index is 12.3. The van der Waals surface area contributed by atoms with Gasteiger partial charge in [0.25, 0.3) is 5.91 Å². The van der Waals surface area contributed by atoms with Crippen LogP contribution in [0.1, 0.15) is 41.7 Å². The quantitative estimate of drug-likeness (QED) is 0.823. The van der Waals surface area contributed by atoms with Crippen molar-refractivity contribution in [2.24, 2.45) is 0 Å². The molecule has 2 heterocycles. The summed E-state index contributed by atoms with van der Waals surface area (Å²) in [7, 11) is 0. The number of halogens is 1. The number of hydrogen-bond acceptors (Lipinski definition) is 5. The lowest BCUT2D eigenvalue weighted by atomic mass is 10.2. The Balaban J connectivity index is 1.68. The molecule has 0 radical (unpaired) electrons. The van der Waals surface area contributed by atoms with Gasteiger partial charge in [0.05, 0.1) is 12.2 Å². The lowest BCUT2D eigenvalue weighted by Crippen LogP contribution is -2.39. The van der Waals surface area contributed by atoms with Crippen LogP contribution in [0.3, 0.4) is 0 Å². The molecule has 26 heavy (non-hydrogen) atoms. The average Bonchev–Trinajstić information content (AvgIpc) is 2.94. The molecule has 2 aromatic rings. The lowest BCUT2D eigenvalue weighted by molar-refractivity contribution is 0.0225. The van der Waals surface area contributed by atoms with E-state index in [2.05, 4.69) is 10.3 Å². The molecule has 0 saturated carbocycles. The Bertz CT molecular complexity index is 844.